The quantitative estimate of drug-likeness (QED) is 0.0980. The molecule has 0 fully saturated rings. The van der Waals surface area contributed by atoms with Crippen molar-refractivity contribution < 1.29 is 0 Å². The maximum Gasteiger partial charge on any atom is 0.00463 e. The third-order valence-corrected chi connectivity index (χ3v) is 10.7. The normalized spacial score (nSPS) is 12.8. The van der Waals surface area contributed by atoms with E-state index in [1.165, 1.54) is 108 Å². The Bertz CT molecular complexity index is 3060. The Hall–Kier alpha value is -4.76. The first-order valence-corrected chi connectivity index (χ1v) is 15.9. The molecule has 0 N–H and O–H groups in total. The molecule has 0 saturated heterocycles. The average Bonchev–Trinajstić information content (AvgIpc) is 3.03. The van der Waals surface area contributed by atoms with Gasteiger partial charge in [-0.25, -0.2) is 0 Å². The summed E-state index contributed by atoms with van der Waals surface area (Å²) in [5.74, 6) is 0. The van der Waals surface area contributed by atoms with E-state index in [4.69, 9.17) is 0 Å². The number of hydrogen-bond acceptors (Lipinski definition) is 2. The zero-order chi connectivity index (χ0) is 28.8. The van der Waals surface area contributed by atoms with Gasteiger partial charge in [-0.3, -0.25) is 0 Å². The highest BCUT2D eigenvalue weighted by Gasteiger charge is 2.19. The molecular formula is C42H22S2. The van der Waals surface area contributed by atoms with E-state index in [0.717, 1.165) is 9.79 Å². The van der Waals surface area contributed by atoms with Crippen LogP contribution in [0.4, 0.5) is 0 Å². The molecular weight excluding hydrogens is 569 g/mol. The van der Waals surface area contributed by atoms with Crippen molar-refractivity contribution in [3.8, 4) is 0 Å². The van der Waals surface area contributed by atoms with E-state index >= 15 is 0 Å². The molecule has 0 aliphatic rings. The molecule has 0 amide bonds. The average molecular weight is 591 g/mol. The third-order valence-electron chi connectivity index (χ3n) is 10.1. The van der Waals surface area contributed by atoms with Gasteiger partial charge in [0.05, 0.1) is 0 Å². The van der Waals surface area contributed by atoms with Crippen LogP contribution >= 0.6 is 25.3 Å². The molecule has 0 aliphatic carbocycles. The fourth-order valence-corrected chi connectivity index (χ4v) is 8.66. The molecule has 0 heterocycles. The second-order valence-corrected chi connectivity index (χ2v) is 13.5. The minimum atomic E-state index is 0.992. The predicted octanol–water partition coefficient (Wildman–Crippen LogP) is 12.7. The highest BCUT2D eigenvalue weighted by molar-refractivity contribution is 7.80. The van der Waals surface area contributed by atoms with Crippen LogP contribution in [0.5, 0.6) is 0 Å². The first-order chi connectivity index (χ1) is 21.6. The summed E-state index contributed by atoms with van der Waals surface area (Å²) in [5, 5.41) is 26.1. The van der Waals surface area contributed by atoms with Gasteiger partial charge in [0.2, 0.25) is 0 Å². The van der Waals surface area contributed by atoms with Crippen molar-refractivity contribution in [2.75, 3.05) is 0 Å². The molecule has 202 valence electrons. The molecule has 0 nitrogen and oxygen atoms in total. The maximum absolute atomic E-state index is 4.60. The molecule has 11 aromatic carbocycles. The Kier molecular flexibility index (Phi) is 4.32. The van der Waals surface area contributed by atoms with Crippen molar-refractivity contribution in [2.45, 2.75) is 9.79 Å². The van der Waals surface area contributed by atoms with Crippen LogP contribution in [0.1, 0.15) is 0 Å². The minimum absolute atomic E-state index is 0.992. The van der Waals surface area contributed by atoms with Crippen LogP contribution in [0.2, 0.25) is 0 Å². The second-order valence-electron chi connectivity index (χ2n) is 12.5. The number of thiol groups is 2. The Morgan fingerprint density at radius 1 is 0.227 bits per heavy atom. The first-order valence-electron chi connectivity index (χ1n) is 15.0. The maximum atomic E-state index is 4.60. The van der Waals surface area contributed by atoms with Crippen molar-refractivity contribution in [3.63, 3.8) is 0 Å². The minimum Gasteiger partial charge on any atom is -0.143 e. The standard InChI is InChI=1S/C42H22S2/c43-31-6-3-21-19-36-28(14-26(21)18-31)16-30-13-25-5-9-35-38-20-37-22(1-2-23-17-32(44)7-10-33(23)37)11-27(38)15-29-12-24-4-8-34(36)39(30)41(24)42(25)40(29)35/h1-20,43-44H. The largest absolute Gasteiger partial charge is 0.143 e. The molecule has 0 unspecified atom stereocenters. The third kappa shape index (κ3) is 2.97. The SMILES string of the molecule is Sc1ccc2cc3c(cc2c1)cc1cc2ccc4c5cc6c(ccc7cc(S)ccc76)cc5cc5cc6ccc3c1c6c2c54. The number of hydrogen-bond donors (Lipinski definition) is 2. The van der Waals surface area contributed by atoms with Crippen LogP contribution in [0.15, 0.2) is 131 Å². The van der Waals surface area contributed by atoms with E-state index in [9.17, 15) is 0 Å². The lowest BCUT2D eigenvalue weighted by Gasteiger charge is -2.19. The Morgan fingerprint density at radius 3 is 1.34 bits per heavy atom. The van der Waals surface area contributed by atoms with E-state index in [-0.39, 0.29) is 0 Å². The van der Waals surface area contributed by atoms with Crippen LogP contribution < -0.4 is 0 Å². The van der Waals surface area contributed by atoms with Crippen molar-refractivity contribution in [1.29, 1.82) is 0 Å². The van der Waals surface area contributed by atoms with E-state index in [0.29, 0.717) is 0 Å². The van der Waals surface area contributed by atoms with E-state index < -0.39 is 0 Å². The second kappa shape index (κ2) is 8.04. The van der Waals surface area contributed by atoms with Crippen LogP contribution in [-0.4, -0.2) is 0 Å². The summed E-state index contributed by atoms with van der Waals surface area (Å²) in [6.07, 6.45) is 0. The van der Waals surface area contributed by atoms with Crippen molar-refractivity contribution in [2.24, 2.45) is 0 Å². The number of benzene rings is 11. The topological polar surface area (TPSA) is 0 Å². The molecule has 0 aliphatic heterocycles. The van der Waals surface area contributed by atoms with Crippen molar-refractivity contribution >= 4 is 133 Å². The van der Waals surface area contributed by atoms with Gasteiger partial charge in [-0.15, -0.1) is 25.3 Å². The lowest BCUT2D eigenvalue weighted by molar-refractivity contribution is 1.53. The summed E-state index contributed by atoms with van der Waals surface area (Å²) in [7, 11) is 0. The lowest BCUT2D eigenvalue weighted by Crippen LogP contribution is -1.91. The van der Waals surface area contributed by atoms with Gasteiger partial charge in [0.15, 0.2) is 0 Å². The zero-order valence-corrected chi connectivity index (χ0v) is 25.2. The lowest BCUT2D eigenvalue weighted by atomic mass is 9.84. The summed E-state index contributed by atoms with van der Waals surface area (Å²) in [6.45, 7) is 0. The Morgan fingerprint density at radius 2 is 0.659 bits per heavy atom. The smallest absolute Gasteiger partial charge is 0.00463 e. The molecule has 44 heavy (non-hydrogen) atoms. The summed E-state index contributed by atoms with van der Waals surface area (Å²) in [6, 6.07) is 45.8. The molecule has 0 saturated carbocycles. The highest BCUT2D eigenvalue weighted by atomic mass is 32.1. The summed E-state index contributed by atoms with van der Waals surface area (Å²) in [5.41, 5.74) is 0. The Labute approximate surface area is 263 Å². The molecule has 0 spiro atoms. The number of rotatable bonds is 0. The van der Waals surface area contributed by atoms with E-state index in [1.54, 1.807) is 0 Å². The number of fused-ring (bicyclic) bond motifs is 8. The van der Waals surface area contributed by atoms with Gasteiger partial charge in [-0.2, -0.15) is 0 Å². The molecule has 0 atom stereocenters. The molecule has 11 rings (SSSR count). The summed E-state index contributed by atoms with van der Waals surface area (Å²) in [4.78, 5) is 1.98. The van der Waals surface area contributed by atoms with Crippen LogP contribution in [0.3, 0.4) is 0 Å². The van der Waals surface area contributed by atoms with Gasteiger partial charge in [-0.05, 0) is 181 Å². The molecule has 0 aromatic heterocycles. The molecule has 0 radical (unpaired) electrons. The zero-order valence-electron chi connectivity index (χ0n) is 23.4. The van der Waals surface area contributed by atoms with E-state index in [2.05, 4.69) is 147 Å². The van der Waals surface area contributed by atoms with Crippen LogP contribution in [0, 0.1) is 0 Å². The fraction of sp³-hybridized carbons (Fsp3) is 0. The van der Waals surface area contributed by atoms with Gasteiger partial charge in [0.1, 0.15) is 0 Å². The van der Waals surface area contributed by atoms with Gasteiger partial charge in [0, 0.05) is 9.79 Å². The molecule has 0 bridgehead atoms. The summed E-state index contributed by atoms with van der Waals surface area (Å²) >= 11 is 9.19. The summed E-state index contributed by atoms with van der Waals surface area (Å²) < 4.78 is 0. The van der Waals surface area contributed by atoms with Crippen molar-refractivity contribution in [3.05, 3.63) is 121 Å². The highest BCUT2D eigenvalue weighted by Crippen LogP contribution is 2.47. The van der Waals surface area contributed by atoms with Gasteiger partial charge >= 0.3 is 0 Å². The molecule has 11 aromatic rings. The van der Waals surface area contributed by atoms with Crippen LogP contribution in [0.25, 0.3) is 108 Å². The first kappa shape index (κ1) is 23.7. The monoisotopic (exact) mass is 590 g/mol. The Balaban J connectivity index is 1.31. The van der Waals surface area contributed by atoms with E-state index in [1.807, 2.05) is 0 Å². The van der Waals surface area contributed by atoms with Gasteiger partial charge < -0.3 is 0 Å². The fourth-order valence-electron chi connectivity index (χ4n) is 8.23. The van der Waals surface area contributed by atoms with Gasteiger partial charge in [0.25, 0.3) is 0 Å². The van der Waals surface area contributed by atoms with Gasteiger partial charge in [-0.1, -0.05) is 48.5 Å². The van der Waals surface area contributed by atoms with Crippen LogP contribution in [-0.2, 0) is 0 Å². The predicted molar refractivity (Wildman–Crippen MR) is 198 cm³/mol. The van der Waals surface area contributed by atoms with Crippen molar-refractivity contribution in [1.82, 2.24) is 0 Å². The molecule has 2 heteroatoms.